The molecule has 2 heterocycles. The van der Waals surface area contributed by atoms with E-state index >= 15 is 0 Å². The molecular formula is C21H21ClN6O. The van der Waals surface area contributed by atoms with Gasteiger partial charge in [-0.25, -0.2) is 14.6 Å². The van der Waals surface area contributed by atoms with E-state index in [1.54, 1.807) is 0 Å². The highest BCUT2D eigenvalue weighted by molar-refractivity contribution is 6.30. The highest BCUT2D eigenvalue weighted by Gasteiger charge is 2.10. The molecule has 4 aromatic rings. The van der Waals surface area contributed by atoms with Crippen LogP contribution in [0, 0.1) is 6.92 Å². The molecule has 0 amide bonds. The summed E-state index contributed by atoms with van der Waals surface area (Å²) in [5.41, 5.74) is 2.70. The maximum Gasteiger partial charge on any atom is 0.130 e. The molecule has 0 aliphatic heterocycles. The van der Waals surface area contributed by atoms with Crippen molar-refractivity contribution in [2.24, 2.45) is 0 Å². The molecular weight excluding hydrogens is 388 g/mol. The van der Waals surface area contributed by atoms with Crippen LogP contribution in [-0.2, 0) is 6.54 Å². The van der Waals surface area contributed by atoms with Gasteiger partial charge in [0, 0.05) is 11.1 Å². The summed E-state index contributed by atoms with van der Waals surface area (Å²) in [6.07, 6.45) is 0. The zero-order valence-corrected chi connectivity index (χ0v) is 17.0. The number of hydrogen-bond donors (Lipinski definition) is 1. The number of anilines is 1. The lowest BCUT2D eigenvalue weighted by Gasteiger charge is -2.16. The molecule has 0 bridgehead atoms. The number of benzene rings is 2. The molecule has 8 heteroatoms. The lowest BCUT2D eigenvalue weighted by molar-refractivity contribution is 0.303. The van der Waals surface area contributed by atoms with Crippen LogP contribution in [0.3, 0.4) is 0 Å². The van der Waals surface area contributed by atoms with Gasteiger partial charge in [-0.3, -0.25) is 0 Å². The second kappa shape index (κ2) is 8.45. The van der Waals surface area contributed by atoms with Crippen LogP contribution in [0.25, 0.3) is 11.0 Å². The van der Waals surface area contributed by atoms with Gasteiger partial charge >= 0.3 is 0 Å². The Bertz CT molecular complexity index is 1110. The zero-order valence-electron chi connectivity index (χ0n) is 16.2. The molecule has 0 radical (unpaired) electrons. The largest absolute Gasteiger partial charge is 0.491 e. The number of ether oxygens (including phenoxy) is 1. The Morgan fingerprint density at radius 2 is 1.90 bits per heavy atom. The molecule has 2 aromatic heterocycles. The van der Waals surface area contributed by atoms with Gasteiger partial charge in [0.1, 0.15) is 29.5 Å². The van der Waals surface area contributed by atoms with Crippen molar-refractivity contribution in [1.82, 2.24) is 25.0 Å². The lowest BCUT2D eigenvalue weighted by atomic mass is 10.3. The SMILES string of the molecule is Cc1nc(Cn2nnc3ccccc32)cc(N[C@@H](C)COc2ccc(Cl)cc2)n1. The second-order valence-corrected chi connectivity index (χ2v) is 7.27. The fourth-order valence-electron chi connectivity index (χ4n) is 3.02. The van der Waals surface area contributed by atoms with Crippen molar-refractivity contribution in [3.8, 4) is 5.75 Å². The van der Waals surface area contributed by atoms with Crippen molar-refractivity contribution in [1.29, 1.82) is 0 Å². The minimum absolute atomic E-state index is 0.0556. The highest BCUT2D eigenvalue weighted by atomic mass is 35.5. The topological polar surface area (TPSA) is 77.8 Å². The quantitative estimate of drug-likeness (QED) is 0.495. The predicted octanol–water partition coefficient (Wildman–Crippen LogP) is 4.11. The van der Waals surface area contributed by atoms with E-state index in [1.807, 2.05) is 73.1 Å². The van der Waals surface area contributed by atoms with Gasteiger partial charge in [0.05, 0.1) is 23.8 Å². The number of hydrogen-bond acceptors (Lipinski definition) is 6. The number of aryl methyl sites for hydroxylation is 1. The van der Waals surface area contributed by atoms with Crippen LogP contribution in [0.2, 0.25) is 5.02 Å². The van der Waals surface area contributed by atoms with Crippen LogP contribution >= 0.6 is 11.6 Å². The van der Waals surface area contributed by atoms with Gasteiger partial charge in [-0.1, -0.05) is 28.9 Å². The van der Waals surface area contributed by atoms with Crippen molar-refractivity contribution in [3.63, 3.8) is 0 Å². The Balaban J connectivity index is 1.43. The van der Waals surface area contributed by atoms with Crippen molar-refractivity contribution >= 4 is 28.5 Å². The number of aromatic nitrogens is 5. The van der Waals surface area contributed by atoms with E-state index < -0.39 is 0 Å². The summed E-state index contributed by atoms with van der Waals surface area (Å²) in [7, 11) is 0. The molecule has 0 fully saturated rings. The number of nitrogens with zero attached hydrogens (tertiary/aromatic N) is 5. The molecule has 0 unspecified atom stereocenters. The van der Waals surface area contributed by atoms with Crippen LogP contribution in [-0.4, -0.2) is 37.6 Å². The monoisotopic (exact) mass is 408 g/mol. The third-order valence-corrected chi connectivity index (χ3v) is 4.58. The van der Waals surface area contributed by atoms with E-state index in [2.05, 4.69) is 25.6 Å². The zero-order chi connectivity index (χ0) is 20.2. The third-order valence-electron chi connectivity index (χ3n) is 4.33. The Morgan fingerprint density at radius 1 is 1.10 bits per heavy atom. The van der Waals surface area contributed by atoms with Gasteiger partial charge in [-0.2, -0.15) is 0 Å². The highest BCUT2D eigenvalue weighted by Crippen LogP contribution is 2.17. The standard InChI is InChI=1S/C21H21ClN6O/c1-14(13-29-18-9-7-16(22)8-10-18)23-21-11-17(24-15(2)25-21)12-28-20-6-4-3-5-19(20)26-27-28/h3-11,14H,12-13H2,1-2H3,(H,23,24,25)/t14-/m0/s1. The average Bonchev–Trinajstić information content (AvgIpc) is 3.10. The maximum atomic E-state index is 5.90. The summed E-state index contributed by atoms with van der Waals surface area (Å²) in [6.45, 7) is 4.93. The summed E-state index contributed by atoms with van der Waals surface area (Å²) >= 11 is 5.90. The predicted molar refractivity (Wildman–Crippen MR) is 113 cm³/mol. The normalized spacial score (nSPS) is 12.1. The van der Waals surface area contributed by atoms with Gasteiger partial charge in [0.15, 0.2) is 0 Å². The molecule has 1 N–H and O–H groups in total. The molecule has 7 nitrogen and oxygen atoms in total. The number of nitrogens with one attached hydrogen (secondary N) is 1. The molecule has 0 saturated carbocycles. The van der Waals surface area contributed by atoms with Gasteiger partial charge in [0.25, 0.3) is 0 Å². The molecule has 0 aliphatic carbocycles. The Morgan fingerprint density at radius 3 is 2.72 bits per heavy atom. The molecule has 148 valence electrons. The van der Waals surface area contributed by atoms with Gasteiger partial charge in [-0.15, -0.1) is 5.10 Å². The van der Waals surface area contributed by atoms with E-state index in [0.29, 0.717) is 24.0 Å². The van der Waals surface area contributed by atoms with Crippen LogP contribution in [0.4, 0.5) is 5.82 Å². The van der Waals surface area contributed by atoms with E-state index in [0.717, 1.165) is 28.3 Å². The summed E-state index contributed by atoms with van der Waals surface area (Å²) in [5.74, 6) is 2.23. The Kier molecular flexibility index (Phi) is 5.57. The lowest BCUT2D eigenvalue weighted by Crippen LogP contribution is -2.24. The first-order valence-corrected chi connectivity index (χ1v) is 9.72. The van der Waals surface area contributed by atoms with E-state index in [4.69, 9.17) is 16.3 Å². The molecule has 1 atom stereocenters. The first-order valence-electron chi connectivity index (χ1n) is 9.34. The number of para-hydroxylation sites is 1. The van der Waals surface area contributed by atoms with Crippen LogP contribution < -0.4 is 10.1 Å². The fourth-order valence-corrected chi connectivity index (χ4v) is 3.14. The van der Waals surface area contributed by atoms with Crippen molar-refractivity contribution < 1.29 is 4.74 Å². The summed E-state index contributed by atoms with van der Waals surface area (Å²) in [5, 5.41) is 12.5. The van der Waals surface area contributed by atoms with Crippen molar-refractivity contribution in [2.75, 3.05) is 11.9 Å². The van der Waals surface area contributed by atoms with Gasteiger partial charge in [0.2, 0.25) is 0 Å². The van der Waals surface area contributed by atoms with Crippen LogP contribution in [0.5, 0.6) is 5.75 Å². The molecule has 0 aliphatic rings. The minimum Gasteiger partial charge on any atom is -0.491 e. The Hall–Kier alpha value is -3.19. The van der Waals surface area contributed by atoms with Crippen molar-refractivity contribution in [2.45, 2.75) is 26.4 Å². The number of halogens is 1. The molecule has 4 rings (SSSR count). The maximum absolute atomic E-state index is 5.90. The molecule has 0 spiro atoms. The average molecular weight is 409 g/mol. The van der Waals surface area contributed by atoms with Gasteiger partial charge < -0.3 is 10.1 Å². The number of rotatable bonds is 7. The van der Waals surface area contributed by atoms with E-state index in [9.17, 15) is 0 Å². The van der Waals surface area contributed by atoms with E-state index in [-0.39, 0.29) is 6.04 Å². The minimum atomic E-state index is 0.0556. The summed E-state index contributed by atoms with van der Waals surface area (Å²) in [6, 6.07) is 17.2. The number of fused-ring (bicyclic) bond motifs is 1. The molecule has 0 saturated heterocycles. The fraction of sp³-hybridized carbons (Fsp3) is 0.238. The van der Waals surface area contributed by atoms with E-state index in [1.165, 1.54) is 0 Å². The van der Waals surface area contributed by atoms with Crippen LogP contribution in [0.15, 0.2) is 54.6 Å². The first-order chi connectivity index (χ1) is 14.1. The first kappa shape index (κ1) is 19.1. The Labute approximate surface area is 173 Å². The molecule has 29 heavy (non-hydrogen) atoms. The van der Waals surface area contributed by atoms with Gasteiger partial charge in [-0.05, 0) is 50.2 Å². The summed E-state index contributed by atoms with van der Waals surface area (Å²) < 4.78 is 7.64. The molecule has 2 aromatic carbocycles. The smallest absolute Gasteiger partial charge is 0.130 e. The third kappa shape index (κ3) is 4.81. The second-order valence-electron chi connectivity index (χ2n) is 6.84. The van der Waals surface area contributed by atoms with Crippen molar-refractivity contribution in [3.05, 3.63) is 71.1 Å². The van der Waals surface area contributed by atoms with Crippen LogP contribution in [0.1, 0.15) is 18.4 Å². The summed E-state index contributed by atoms with van der Waals surface area (Å²) in [4.78, 5) is 9.03.